The topological polar surface area (TPSA) is 117 Å². The van der Waals surface area contributed by atoms with Gasteiger partial charge in [-0.1, -0.05) is 24.3 Å². The quantitative estimate of drug-likeness (QED) is 0.320. The van der Waals surface area contributed by atoms with E-state index < -0.39 is 11.9 Å². The van der Waals surface area contributed by atoms with Crippen LogP contribution in [0.3, 0.4) is 0 Å². The molecule has 3 heterocycles. The molecule has 0 saturated heterocycles. The lowest BCUT2D eigenvalue weighted by Crippen LogP contribution is -2.51. The minimum absolute atomic E-state index is 0.149. The van der Waals surface area contributed by atoms with Gasteiger partial charge in [-0.3, -0.25) is 4.79 Å². The van der Waals surface area contributed by atoms with Crippen molar-refractivity contribution in [2.75, 3.05) is 5.32 Å². The van der Waals surface area contributed by atoms with E-state index in [1.807, 2.05) is 18.3 Å². The zero-order chi connectivity index (χ0) is 23.5. The molecular formula is C27H24N6O2. The summed E-state index contributed by atoms with van der Waals surface area (Å²) in [4.78, 5) is 33.9. The van der Waals surface area contributed by atoms with E-state index in [2.05, 4.69) is 44.5 Å². The van der Waals surface area contributed by atoms with Crippen LogP contribution in [0.15, 0.2) is 55.1 Å². The predicted octanol–water partition coefficient (Wildman–Crippen LogP) is 5.02. The van der Waals surface area contributed by atoms with Gasteiger partial charge in [-0.25, -0.2) is 19.9 Å². The van der Waals surface area contributed by atoms with Gasteiger partial charge in [0.15, 0.2) is 5.82 Å². The second-order valence-electron chi connectivity index (χ2n) is 9.81. The third kappa shape index (κ3) is 3.24. The number of hydrogen-bond donors (Lipinski definition) is 3. The number of fused-ring (bicyclic) bond motifs is 6. The highest BCUT2D eigenvalue weighted by Gasteiger charge is 2.47. The van der Waals surface area contributed by atoms with E-state index in [-0.39, 0.29) is 12.0 Å². The number of H-pyrrole nitrogens is 1. The third-order valence-electron chi connectivity index (χ3n) is 7.97. The van der Waals surface area contributed by atoms with Crippen LogP contribution in [0.5, 0.6) is 0 Å². The van der Waals surface area contributed by atoms with Crippen LogP contribution in [0, 0.1) is 17.8 Å². The normalized spacial score (nSPS) is 23.8. The molecule has 35 heavy (non-hydrogen) atoms. The van der Waals surface area contributed by atoms with E-state index in [1.165, 1.54) is 6.33 Å². The highest BCUT2D eigenvalue weighted by Crippen LogP contribution is 2.47. The first-order valence-corrected chi connectivity index (χ1v) is 12.1. The van der Waals surface area contributed by atoms with Gasteiger partial charge >= 0.3 is 5.97 Å². The largest absolute Gasteiger partial charge is 0.481 e. The van der Waals surface area contributed by atoms with Crippen molar-refractivity contribution < 1.29 is 9.90 Å². The third-order valence-corrected chi connectivity index (χ3v) is 7.97. The van der Waals surface area contributed by atoms with Crippen LogP contribution >= 0.6 is 0 Å². The Hall–Kier alpha value is -4.07. The van der Waals surface area contributed by atoms with Gasteiger partial charge in [0.25, 0.3) is 0 Å². The van der Waals surface area contributed by atoms with Crippen molar-refractivity contribution in [3.63, 3.8) is 0 Å². The second-order valence-corrected chi connectivity index (χ2v) is 9.81. The highest BCUT2D eigenvalue weighted by molar-refractivity contribution is 6.02. The maximum atomic E-state index is 12.3. The molecule has 3 aromatic heterocycles. The number of benzene rings is 2. The van der Waals surface area contributed by atoms with Gasteiger partial charge < -0.3 is 15.4 Å². The second kappa shape index (κ2) is 7.73. The van der Waals surface area contributed by atoms with Crippen LogP contribution in [0.1, 0.15) is 25.7 Å². The van der Waals surface area contributed by atoms with Gasteiger partial charge in [-0.2, -0.15) is 0 Å². The van der Waals surface area contributed by atoms with Crippen LogP contribution in [0.2, 0.25) is 0 Å². The molecule has 3 aliphatic rings. The minimum Gasteiger partial charge on any atom is -0.481 e. The number of carboxylic acids is 1. The number of hydrogen-bond acceptors (Lipinski definition) is 6. The molecule has 2 bridgehead atoms. The molecule has 3 N–H and O–H groups in total. The lowest BCUT2D eigenvalue weighted by Gasteiger charge is -2.47. The molecule has 8 heteroatoms. The number of carboxylic acid groups (broad SMARTS) is 1. The van der Waals surface area contributed by atoms with Gasteiger partial charge in [-0.05, 0) is 60.4 Å². The maximum Gasteiger partial charge on any atom is 0.308 e. The minimum atomic E-state index is -0.713. The first-order chi connectivity index (χ1) is 17.2. The standard InChI is InChI=1S/C27H24N6O2/c34-27(35)22-14-5-7-15(8-6-14)23(22)32-25-18-9-16-3-1-2-4-17(16)10-21(18)31-26(33-25)20-12-29-24-19(20)11-28-13-30-24/h1-4,9-15,22-23H,5-8H2,(H,34,35)(H,28,29,30)(H,31,32,33). The summed E-state index contributed by atoms with van der Waals surface area (Å²) in [6, 6.07) is 12.2. The number of aliphatic carboxylic acids is 1. The van der Waals surface area contributed by atoms with Gasteiger partial charge in [-0.15, -0.1) is 0 Å². The first kappa shape index (κ1) is 20.3. The Bertz CT molecular complexity index is 1600. The number of aromatic nitrogens is 5. The summed E-state index contributed by atoms with van der Waals surface area (Å²) in [5, 5.41) is 17.7. The number of nitrogens with one attached hydrogen (secondary N) is 2. The van der Waals surface area contributed by atoms with Crippen LogP contribution in [0.4, 0.5) is 5.82 Å². The highest BCUT2D eigenvalue weighted by atomic mass is 16.4. The van der Waals surface area contributed by atoms with Crippen molar-refractivity contribution in [1.29, 1.82) is 0 Å². The molecule has 0 aliphatic heterocycles. The molecule has 0 radical (unpaired) electrons. The van der Waals surface area contributed by atoms with E-state index in [0.717, 1.165) is 64.0 Å². The number of nitrogens with zero attached hydrogens (tertiary/aromatic N) is 4. The molecule has 8 rings (SSSR count). The first-order valence-electron chi connectivity index (χ1n) is 12.1. The van der Waals surface area contributed by atoms with Crippen molar-refractivity contribution in [3.8, 4) is 11.4 Å². The molecule has 2 atom stereocenters. The Morgan fingerprint density at radius 2 is 1.77 bits per heavy atom. The number of carbonyl (C=O) groups is 1. The van der Waals surface area contributed by atoms with Gasteiger partial charge in [0, 0.05) is 34.8 Å². The Balaban J connectivity index is 1.43. The summed E-state index contributed by atoms with van der Waals surface area (Å²) in [5.74, 6) is 0.674. The average Bonchev–Trinajstić information content (AvgIpc) is 3.32. The fraction of sp³-hybridized carbons (Fsp3) is 0.296. The van der Waals surface area contributed by atoms with Crippen LogP contribution in [0.25, 0.3) is 44.1 Å². The van der Waals surface area contributed by atoms with Crippen LogP contribution in [-0.4, -0.2) is 42.0 Å². The Morgan fingerprint density at radius 1 is 1.00 bits per heavy atom. The smallest absolute Gasteiger partial charge is 0.308 e. The van der Waals surface area contributed by atoms with E-state index >= 15 is 0 Å². The van der Waals surface area contributed by atoms with E-state index in [1.54, 1.807) is 6.20 Å². The van der Waals surface area contributed by atoms with Crippen molar-refractivity contribution >= 4 is 44.5 Å². The fourth-order valence-electron chi connectivity index (χ4n) is 6.26. The van der Waals surface area contributed by atoms with Crippen molar-refractivity contribution in [3.05, 3.63) is 55.1 Å². The van der Waals surface area contributed by atoms with Crippen molar-refractivity contribution in [1.82, 2.24) is 24.9 Å². The lowest BCUT2D eigenvalue weighted by molar-refractivity contribution is -0.148. The zero-order valence-electron chi connectivity index (χ0n) is 19.0. The Kier molecular flexibility index (Phi) is 4.49. The molecule has 8 nitrogen and oxygen atoms in total. The number of aromatic amines is 1. The molecule has 174 valence electrons. The average molecular weight is 465 g/mol. The van der Waals surface area contributed by atoms with Crippen LogP contribution < -0.4 is 5.32 Å². The SMILES string of the molecule is O=C(O)C1C2CCC(CC2)C1Nc1nc(-c2c[nH]c3ncncc23)nc2cc3ccccc3cc12. The van der Waals surface area contributed by atoms with E-state index in [0.29, 0.717) is 17.6 Å². The molecular weight excluding hydrogens is 440 g/mol. The van der Waals surface area contributed by atoms with E-state index in [9.17, 15) is 9.90 Å². The van der Waals surface area contributed by atoms with Gasteiger partial charge in [0.1, 0.15) is 17.8 Å². The Labute approximate surface area is 200 Å². The summed E-state index contributed by atoms with van der Waals surface area (Å²) in [5.41, 5.74) is 2.36. The molecule has 3 saturated carbocycles. The number of anilines is 1. The summed E-state index contributed by atoms with van der Waals surface area (Å²) in [6.45, 7) is 0. The zero-order valence-corrected chi connectivity index (χ0v) is 19.0. The van der Waals surface area contributed by atoms with E-state index in [4.69, 9.17) is 9.97 Å². The monoisotopic (exact) mass is 464 g/mol. The number of rotatable bonds is 4. The fourth-order valence-corrected chi connectivity index (χ4v) is 6.26. The predicted molar refractivity (Wildman–Crippen MR) is 134 cm³/mol. The lowest BCUT2D eigenvalue weighted by atomic mass is 9.61. The van der Waals surface area contributed by atoms with Crippen LogP contribution in [-0.2, 0) is 4.79 Å². The molecule has 2 unspecified atom stereocenters. The molecule has 0 spiro atoms. The summed E-state index contributed by atoms with van der Waals surface area (Å²) < 4.78 is 0. The van der Waals surface area contributed by atoms with Crippen molar-refractivity contribution in [2.45, 2.75) is 31.7 Å². The molecule has 3 fully saturated rings. The molecule has 3 aliphatic carbocycles. The van der Waals surface area contributed by atoms with Gasteiger partial charge in [0.05, 0.1) is 11.4 Å². The Morgan fingerprint density at radius 3 is 2.57 bits per heavy atom. The summed E-state index contributed by atoms with van der Waals surface area (Å²) >= 11 is 0. The summed E-state index contributed by atoms with van der Waals surface area (Å²) in [6.07, 6.45) is 9.23. The maximum absolute atomic E-state index is 12.3. The molecule has 5 aromatic rings. The molecule has 2 aromatic carbocycles. The van der Waals surface area contributed by atoms with Crippen molar-refractivity contribution in [2.24, 2.45) is 17.8 Å². The molecule has 0 amide bonds. The van der Waals surface area contributed by atoms with Gasteiger partial charge in [0.2, 0.25) is 0 Å². The summed E-state index contributed by atoms with van der Waals surface area (Å²) in [7, 11) is 0.